The number of benzene rings is 1. The van der Waals surface area contributed by atoms with E-state index < -0.39 is 0 Å². The summed E-state index contributed by atoms with van der Waals surface area (Å²) in [6, 6.07) is 9.85. The molecule has 154 valence electrons. The van der Waals surface area contributed by atoms with Gasteiger partial charge in [0.2, 0.25) is 0 Å². The third-order valence-corrected chi connectivity index (χ3v) is 6.99. The second-order valence-corrected chi connectivity index (χ2v) is 8.84. The number of nitrogens with one attached hydrogen (secondary N) is 2. The van der Waals surface area contributed by atoms with E-state index in [2.05, 4.69) is 15.2 Å². The number of Topliss-reactive ketones (excluding diaryl/α,β-unsaturated/α-hetero) is 1. The Hall–Kier alpha value is -2.93. The van der Waals surface area contributed by atoms with Crippen molar-refractivity contribution in [2.24, 2.45) is 5.92 Å². The molecular weight excluding hydrogens is 380 g/mol. The molecule has 2 N–H and O–H groups in total. The van der Waals surface area contributed by atoms with Crippen LogP contribution in [0.5, 0.6) is 0 Å². The number of H-pyrrole nitrogens is 2. The van der Waals surface area contributed by atoms with E-state index in [9.17, 15) is 9.59 Å². The van der Waals surface area contributed by atoms with Crippen LogP contribution in [0.25, 0.3) is 10.9 Å². The Morgan fingerprint density at radius 1 is 1.23 bits per heavy atom. The van der Waals surface area contributed by atoms with Crippen LogP contribution >= 0.6 is 0 Å². The van der Waals surface area contributed by atoms with Crippen LogP contribution in [0.15, 0.2) is 30.3 Å². The van der Waals surface area contributed by atoms with Gasteiger partial charge in [0.15, 0.2) is 11.5 Å². The average Bonchev–Trinajstić information content (AvgIpc) is 3.23. The van der Waals surface area contributed by atoms with Crippen molar-refractivity contribution in [1.29, 1.82) is 0 Å². The van der Waals surface area contributed by atoms with Crippen molar-refractivity contribution >= 4 is 22.6 Å². The van der Waals surface area contributed by atoms with Crippen LogP contribution in [-0.2, 0) is 17.6 Å². The summed E-state index contributed by atoms with van der Waals surface area (Å²) in [5.41, 5.74) is 3.90. The van der Waals surface area contributed by atoms with Crippen molar-refractivity contribution in [2.45, 2.75) is 37.6 Å². The number of morpholine rings is 1. The fourth-order valence-electron chi connectivity index (χ4n) is 5.06. The van der Waals surface area contributed by atoms with E-state index in [0.717, 1.165) is 47.8 Å². The summed E-state index contributed by atoms with van der Waals surface area (Å²) >= 11 is 0. The molecular formula is C23H24N4O3. The van der Waals surface area contributed by atoms with Crippen molar-refractivity contribution in [2.75, 3.05) is 19.8 Å². The summed E-state index contributed by atoms with van der Waals surface area (Å²) in [4.78, 5) is 31.8. The van der Waals surface area contributed by atoms with Crippen molar-refractivity contribution in [3.05, 3.63) is 53.0 Å². The van der Waals surface area contributed by atoms with Crippen molar-refractivity contribution in [3.8, 4) is 0 Å². The van der Waals surface area contributed by atoms with Crippen molar-refractivity contribution in [3.63, 3.8) is 0 Å². The topological polar surface area (TPSA) is 91.1 Å². The Kier molecular flexibility index (Phi) is 3.90. The maximum absolute atomic E-state index is 13.3. The van der Waals surface area contributed by atoms with Gasteiger partial charge >= 0.3 is 0 Å². The minimum atomic E-state index is -0.144. The summed E-state index contributed by atoms with van der Waals surface area (Å²) in [5, 5.41) is 8.50. The van der Waals surface area contributed by atoms with E-state index in [4.69, 9.17) is 4.74 Å². The predicted molar refractivity (Wildman–Crippen MR) is 111 cm³/mol. The maximum Gasteiger partial charge on any atom is 0.275 e. The highest BCUT2D eigenvalue weighted by atomic mass is 16.5. The molecule has 7 heteroatoms. The molecule has 3 aliphatic rings. The fourth-order valence-corrected chi connectivity index (χ4v) is 5.06. The zero-order valence-electron chi connectivity index (χ0n) is 16.7. The normalized spacial score (nSPS) is 22.3. The highest BCUT2D eigenvalue weighted by Gasteiger charge is 2.52. The van der Waals surface area contributed by atoms with Gasteiger partial charge in [-0.3, -0.25) is 14.7 Å². The molecule has 0 bridgehead atoms. The van der Waals surface area contributed by atoms with Gasteiger partial charge < -0.3 is 14.6 Å². The first kappa shape index (κ1) is 17.9. The molecule has 3 aromatic rings. The van der Waals surface area contributed by atoms with Gasteiger partial charge in [-0.05, 0) is 44.2 Å². The molecule has 2 aliphatic carbocycles. The Bertz CT molecular complexity index is 1120. The van der Waals surface area contributed by atoms with Gasteiger partial charge in [0, 0.05) is 34.6 Å². The predicted octanol–water partition coefficient (Wildman–Crippen LogP) is 2.88. The summed E-state index contributed by atoms with van der Waals surface area (Å²) < 4.78 is 5.61. The third-order valence-electron chi connectivity index (χ3n) is 6.99. The summed E-state index contributed by atoms with van der Waals surface area (Å²) in [6.07, 6.45) is 4.04. The van der Waals surface area contributed by atoms with Crippen LogP contribution in [0.2, 0.25) is 0 Å². The zero-order chi connectivity index (χ0) is 20.3. The van der Waals surface area contributed by atoms with Gasteiger partial charge in [-0.1, -0.05) is 18.2 Å². The number of carbonyl (C=O) groups excluding carboxylic acids is 2. The number of nitrogens with zero attached hydrogens (tertiary/aromatic N) is 2. The second-order valence-electron chi connectivity index (χ2n) is 8.84. The SMILES string of the molecule is O=C(c1cc2ccccc2[nH]1)C1CCc2[nH]nc(C(=O)N3CCOCC34CC4)c2C1. The lowest BCUT2D eigenvalue weighted by atomic mass is 9.82. The molecule has 2 aromatic heterocycles. The van der Waals surface area contributed by atoms with Gasteiger partial charge in [0.1, 0.15) is 0 Å². The average molecular weight is 404 g/mol. The van der Waals surface area contributed by atoms with E-state index in [1.165, 1.54) is 0 Å². The fraction of sp³-hybridized carbons (Fsp3) is 0.435. The third kappa shape index (κ3) is 2.72. The maximum atomic E-state index is 13.3. The number of amides is 1. The lowest BCUT2D eigenvalue weighted by Gasteiger charge is -2.36. The first-order valence-corrected chi connectivity index (χ1v) is 10.7. The molecule has 1 saturated carbocycles. The van der Waals surface area contributed by atoms with Gasteiger partial charge in [-0.2, -0.15) is 5.10 Å². The Morgan fingerprint density at radius 2 is 2.10 bits per heavy atom. The van der Waals surface area contributed by atoms with Crippen LogP contribution in [0.4, 0.5) is 0 Å². The molecule has 1 unspecified atom stereocenters. The van der Waals surface area contributed by atoms with Gasteiger partial charge in [-0.25, -0.2) is 0 Å². The molecule has 30 heavy (non-hydrogen) atoms. The number of aryl methyl sites for hydroxylation is 1. The summed E-state index contributed by atoms with van der Waals surface area (Å²) in [6.45, 7) is 1.80. The number of para-hydroxylation sites is 1. The number of fused-ring (bicyclic) bond motifs is 2. The number of aromatic amines is 2. The molecule has 1 atom stereocenters. The molecule has 3 heterocycles. The van der Waals surface area contributed by atoms with Crippen LogP contribution in [0.3, 0.4) is 0 Å². The van der Waals surface area contributed by atoms with E-state index in [1.54, 1.807) is 0 Å². The molecule has 1 aliphatic heterocycles. The standard InChI is InChI=1S/C23H24N4O3/c28-21(19-12-14-3-1-2-4-17(14)24-19)15-5-6-18-16(11-15)20(26-25-18)22(29)27-9-10-30-13-23(27)7-8-23/h1-4,12,15,24H,5-11,13H2,(H,25,26). The highest BCUT2D eigenvalue weighted by molar-refractivity contribution is 6.01. The molecule has 1 aromatic carbocycles. The van der Waals surface area contributed by atoms with E-state index in [0.29, 0.717) is 37.6 Å². The van der Waals surface area contributed by atoms with E-state index in [1.807, 2.05) is 35.2 Å². The van der Waals surface area contributed by atoms with Crippen LogP contribution in [-0.4, -0.2) is 57.1 Å². The number of aromatic nitrogens is 3. The van der Waals surface area contributed by atoms with E-state index >= 15 is 0 Å². The number of carbonyl (C=O) groups is 2. The molecule has 1 amide bonds. The molecule has 2 fully saturated rings. The van der Waals surface area contributed by atoms with Crippen LogP contribution in [0, 0.1) is 5.92 Å². The molecule has 1 spiro atoms. The lowest BCUT2D eigenvalue weighted by molar-refractivity contribution is -0.0121. The number of hydrogen-bond donors (Lipinski definition) is 2. The first-order chi connectivity index (χ1) is 14.6. The highest BCUT2D eigenvalue weighted by Crippen LogP contribution is 2.44. The van der Waals surface area contributed by atoms with Crippen molar-refractivity contribution < 1.29 is 14.3 Å². The number of ketones is 1. The lowest BCUT2D eigenvalue weighted by Crippen LogP contribution is -2.51. The van der Waals surface area contributed by atoms with Crippen LogP contribution in [0.1, 0.15) is 51.5 Å². The minimum absolute atomic E-state index is 0.0213. The van der Waals surface area contributed by atoms with Gasteiger partial charge in [0.05, 0.1) is 24.4 Å². The summed E-state index contributed by atoms with van der Waals surface area (Å²) in [7, 11) is 0. The largest absolute Gasteiger partial charge is 0.377 e. The number of ether oxygens (including phenoxy) is 1. The minimum Gasteiger partial charge on any atom is -0.377 e. The molecule has 6 rings (SSSR count). The first-order valence-electron chi connectivity index (χ1n) is 10.7. The Balaban J connectivity index is 1.27. The summed E-state index contributed by atoms with van der Waals surface area (Å²) in [5.74, 6) is -0.0530. The zero-order valence-corrected chi connectivity index (χ0v) is 16.7. The Morgan fingerprint density at radius 3 is 2.93 bits per heavy atom. The monoisotopic (exact) mass is 404 g/mol. The number of rotatable bonds is 3. The van der Waals surface area contributed by atoms with Crippen LogP contribution < -0.4 is 0 Å². The van der Waals surface area contributed by atoms with Gasteiger partial charge in [0.25, 0.3) is 5.91 Å². The van der Waals surface area contributed by atoms with E-state index in [-0.39, 0.29) is 23.1 Å². The molecule has 1 saturated heterocycles. The number of hydrogen-bond acceptors (Lipinski definition) is 4. The van der Waals surface area contributed by atoms with Crippen molar-refractivity contribution in [1.82, 2.24) is 20.1 Å². The Labute approximate surface area is 173 Å². The molecule has 0 radical (unpaired) electrons. The molecule has 7 nitrogen and oxygen atoms in total. The smallest absolute Gasteiger partial charge is 0.275 e. The quantitative estimate of drug-likeness (QED) is 0.657. The second kappa shape index (κ2) is 6.54. The van der Waals surface area contributed by atoms with Gasteiger partial charge in [-0.15, -0.1) is 0 Å².